The Morgan fingerprint density at radius 2 is 1.76 bits per heavy atom. The number of rotatable bonds is 6. The Morgan fingerprint density at radius 3 is 2.29 bits per heavy atom. The van der Waals surface area contributed by atoms with Crippen LogP contribution in [0, 0.1) is 6.92 Å². The van der Waals surface area contributed by atoms with Crippen LogP contribution in [0.5, 0.6) is 0 Å². The minimum Gasteiger partial charge on any atom is -0.481 e. The van der Waals surface area contributed by atoms with Crippen LogP contribution >= 0.6 is 0 Å². The van der Waals surface area contributed by atoms with Crippen LogP contribution in [0.25, 0.3) is 0 Å². The van der Waals surface area contributed by atoms with Gasteiger partial charge in [0.25, 0.3) is 0 Å². The fourth-order valence-electron chi connectivity index (χ4n) is 1.43. The minimum absolute atomic E-state index is 0.00331. The van der Waals surface area contributed by atoms with Crippen molar-refractivity contribution in [1.29, 1.82) is 0 Å². The normalized spacial score (nSPS) is 11.4. The first-order chi connectivity index (χ1) is 7.92. The van der Waals surface area contributed by atoms with Gasteiger partial charge in [-0.3, -0.25) is 4.79 Å². The Kier molecular flexibility index (Phi) is 4.69. The summed E-state index contributed by atoms with van der Waals surface area (Å²) in [6.45, 7) is 1.89. The molecule has 0 saturated carbocycles. The molecule has 0 aromatic heterocycles. The molecule has 1 aromatic rings. The molecule has 0 spiro atoms. The van der Waals surface area contributed by atoms with E-state index >= 15 is 0 Å². The quantitative estimate of drug-likeness (QED) is 0.790. The van der Waals surface area contributed by atoms with Gasteiger partial charge in [0.1, 0.15) is 0 Å². The van der Waals surface area contributed by atoms with Crippen molar-refractivity contribution < 1.29 is 18.3 Å². The number of carbonyl (C=O) groups is 1. The molecule has 0 saturated heterocycles. The van der Waals surface area contributed by atoms with E-state index in [9.17, 15) is 13.2 Å². The van der Waals surface area contributed by atoms with Crippen LogP contribution in [0.2, 0.25) is 0 Å². The molecule has 0 heterocycles. The monoisotopic (exact) mass is 256 g/mol. The van der Waals surface area contributed by atoms with E-state index in [0.29, 0.717) is 17.7 Å². The topological polar surface area (TPSA) is 71.4 Å². The lowest BCUT2D eigenvalue weighted by molar-refractivity contribution is -0.137. The van der Waals surface area contributed by atoms with Gasteiger partial charge in [0.2, 0.25) is 0 Å². The zero-order valence-electron chi connectivity index (χ0n) is 9.72. The highest BCUT2D eigenvalue weighted by molar-refractivity contribution is 7.91. The Hall–Kier alpha value is -1.36. The summed E-state index contributed by atoms with van der Waals surface area (Å²) in [4.78, 5) is 10.6. The zero-order chi connectivity index (χ0) is 12.9. The van der Waals surface area contributed by atoms with Crippen molar-refractivity contribution in [2.75, 3.05) is 5.75 Å². The Labute approximate surface area is 101 Å². The average molecular weight is 256 g/mol. The number of hydrogen-bond acceptors (Lipinski definition) is 3. The van der Waals surface area contributed by atoms with Crippen LogP contribution in [0.15, 0.2) is 29.2 Å². The lowest BCUT2D eigenvalue weighted by Gasteiger charge is -2.04. The first-order valence-electron chi connectivity index (χ1n) is 5.43. The van der Waals surface area contributed by atoms with Gasteiger partial charge in [-0.25, -0.2) is 8.42 Å². The molecule has 5 heteroatoms. The van der Waals surface area contributed by atoms with Gasteiger partial charge in [-0.1, -0.05) is 17.7 Å². The Balaban J connectivity index is 2.57. The number of sulfone groups is 1. The van der Waals surface area contributed by atoms with Crippen molar-refractivity contribution in [3.63, 3.8) is 0 Å². The summed E-state index contributed by atoms with van der Waals surface area (Å²) in [6, 6.07) is 6.68. The number of carboxylic acid groups (broad SMARTS) is 1. The standard InChI is InChI=1S/C12H16O4S/c1-10-5-7-11(8-6-10)17(15,16)9-3-2-4-12(13)14/h5-8H,2-4,9H2,1H3,(H,13,14). The predicted molar refractivity (Wildman–Crippen MR) is 64.7 cm³/mol. The lowest BCUT2D eigenvalue weighted by atomic mass is 10.2. The summed E-state index contributed by atoms with van der Waals surface area (Å²) in [5.41, 5.74) is 1.01. The second kappa shape index (κ2) is 5.82. The molecule has 1 aromatic carbocycles. The van der Waals surface area contributed by atoms with Crippen molar-refractivity contribution in [2.45, 2.75) is 31.1 Å². The molecule has 0 amide bonds. The summed E-state index contributed by atoms with van der Waals surface area (Å²) in [6.07, 6.45) is 0.784. The van der Waals surface area contributed by atoms with Crippen molar-refractivity contribution in [2.24, 2.45) is 0 Å². The maximum atomic E-state index is 11.8. The van der Waals surface area contributed by atoms with E-state index in [1.165, 1.54) is 0 Å². The highest BCUT2D eigenvalue weighted by Crippen LogP contribution is 2.14. The van der Waals surface area contributed by atoms with Gasteiger partial charge < -0.3 is 5.11 Å². The number of aryl methyl sites for hydroxylation is 1. The molecule has 0 atom stereocenters. The summed E-state index contributed by atoms with van der Waals surface area (Å²) in [7, 11) is -3.27. The zero-order valence-corrected chi connectivity index (χ0v) is 10.5. The largest absolute Gasteiger partial charge is 0.481 e. The number of aliphatic carboxylic acids is 1. The molecule has 0 radical (unpaired) electrons. The van der Waals surface area contributed by atoms with E-state index in [-0.39, 0.29) is 12.2 Å². The van der Waals surface area contributed by atoms with Crippen LogP contribution in [0.3, 0.4) is 0 Å². The Morgan fingerprint density at radius 1 is 1.18 bits per heavy atom. The smallest absolute Gasteiger partial charge is 0.303 e. The van der Waals surface area contributed by atoms with Crippen LogP contribution in [0.1, 0.15) is 24.8 Å². The van der Waals surface area contributed by atoms with Crippen molar-refractivity contribution in [3.05, 3.63) is 29.8 Å². The molecular formula is C12H16O4S. The SMILES string of the molecule is Cc1ccc(S(=O)(=O)CCCCC(=O)O)cc1. The van der Waals surface area contributed by atoms with E-state index < -0.39 is 15.8 Å². The highest BCUT2D eigenvalue weighted by Gasteiger charge is 2.13. The number of carboxylic acids is 1. The average Bonchev–Trinajstić information content (AvgIpc) is 2.25. The second-order valence-corrected chi connectivity index (χ2v) is 6.09. The molecule has 17 heavy (non-hydrogen) atoms. The maximum absolute atomic E-state index is 11.8. The van der Waals surface area contributed by atoms with Crippen molar-refractivity contribution in [3.8, 4) is 0 Å². The molecular weight excluding hydrogens is 240 g/mol. The number of hydrogen-bond donors (Lipinski definition) is 1. The number of unbranched alkanes of at least 4 members (excludes halogenated alkanes) is 1. The van der Waals surface area contributed by atoms with Crippen molar-refractivity contribution in [1.82, 2.24) is 0 Å². The molecule has 0 aliphatic carbocycles. The summed E-state index contributed by atoms with van der Waals surface area (Å²) < 4.78 is 23.7. The first-order valence-corrected chi connectivity index (χ1v) is 7.08. The van der Waals surface area contributed by atoms with Gasteiger partial charge in [-0.2, -0.15) is 0 Å². The van der Waals surface area contributed by atoms with E-state index in [0.717, 1.165) is 5.56 Å². The van der Waals surface area contributed by atoms with Crippen LogP contribution in [-0.2, 0) is 14.6 Å². The van der Waals surface area contributed by atoms with Gasteiger partial charge >= 0.3 is 5.97 Å². The molecule has 0 aliphatic heterocycles. The molecule has 94 valence electrons. The molecule has 0 aliphatic rings. The van der Waals surface area contributed by atoms with Crippen molar-refractivity contribution >= 4 is 15.8 Å². The molecule has 4 nitrogen and oxygen atoms in total. The lowest BCUT2D eigenvalue weighted by Crippen LogP contribution is -2.07. The maximum Gasteiger partial charge on any atom is 0.303 e. The summed E-state index contributed by atoms with van der Waals surface area (Å²) in [5.74, 6) is -0.888. The van der Waals surface area contributed by atoms with E-state index in [1.54, 1.807) is 24.3 Å². The van der Waals surface area contributed by atoms with E-state index in [2.05, 4.69) is 0 Å². The third kappa shape index (κ3) is 4.56. The number of benzene rings is 1. The fraction of sp³-hybridized carbons (Fsp3) is 0.417. The van der Waals surface area contributed by atoms with Gasteiger partial charge in [-0.05, 0) is 31.9 Å². The van der Waals surface area contributed by atoms with Gasteiger partial charge in [0.05, 0.1) is 10.6 Å². The minimum atomic E-state index is -3.27. The highest BCUT2D eigenvalue weighted by atomic mass is 32.2. The van der Waals surface area contributed by atoms with Gasteiger partial charge in [0.15, 0.2) is 9.84 Å². The van der Waals surface area contributed by atoms with Crippen LogP contribution in [0.4, 0.5) is 0 Å². The van der Waals surface area contributed by atoms with E-state index in [4.69, 9.17) is 5.11 Å². The predicted octanol–water partition coefficient (Wildman–Crippen LogP) is 2.02. The summed E-state index contributed by atoms with van der Waals surface area (Å²) in [5, 5.41) is 8.44. The molecule has 1 rings (SSSR count). The molecule has 1 N–H and O–H groups in total. The fourth-order valence-corrected chi connectivity index (χ4v) is 2.80. The third-order valence-electron chi connectivity index (χ3n) is 2.43. The van der Waals surface area contributed by atoms with Crippen LogP contribution < -0.4 is 0 Å². The molecule has 0 fully saturated rings. The van der Waals surface area contributed by atoms with Gasteiger partial charge in [-0.15, -0.1) is 0 Å². The van der Waals surface area contributed by atoms with Crippen LogP contribution in [-0.4, -0.2) is 25.2 Å². The second-order valence-electron chi connectivity index (χ2n) is 3.98. The third-order valence-corrected chi connectivity index (χ3v) is 4.25. The Bertz CT molecular complexity index is 474. The summed E-state index contributed by atoms with van der Waals surface area (Å²) >= 11 is 0. The first kappa shape index (κ1) is 13.7. The van der Waals surface area contributed by atoms with Gasteiger partial charge in [0, 0.05) is 6.42 Å². The van der Waals surface area contributed by atoms with E-state index in [1.807, 2.05) is 6.92 Å². The molecule has 0 bridgehead atoms. The molecule has 0 unspecified atom stereocenters.